The summed E-state index contributed by atoms with van der Waals surface area (Å²) < 4.78 is 40.0. The molecule has 1 saturated heterocycles. The van der Waals surface area contributed by atoms with Crippen LogP contribution >= 0.6 is 0 Å². The highest BCUT2D eigenvalue weighted by atomic mass is 19.3. The highest BCUT2D eigenvalue weighted by Crippen LogP contribution is 2.29. The van der Waals surface area contributed by atoms with Crippen LogP contribution in [0.5, 0.6) is 11.5 Å². The van der Waals surface area contributed by atoms with Crippen molar-refractivity contribution in [1.29, 1.82) is 0 Å². The summed E-state index contributed by atoms with van der Waals surface area (Å²) in [6.45, 7) is 4.23. The molecule has 0 spiro atoms. The van der Waals surface area contributed by atoms with Gasteiger partial charge in [-0.3, -0.25) is 9.69 Å². The minimum absolute atomic E-state index is 0.150. The van der Waals surface area contributed by atoms with Crippen LogP contribution < -0.4 is 14.8 Å². The average molecular weight is 372 g/mol. The lowest BCUT2D eigenvalue weighted by molar-refractivity contribution is -0.0680. The van der Waals surface area contributed by atoms with Gasteiger partial charge in [-0.15, -0.1) is 0 Å². The number of halogens is 2. The number of benzene rings is 1. The number of rotatable bonds is 8. The molecule has 0 saturated carbocycles. The second kappa shape index (κ2) is 9.68. The minimum Gasteiger partial charge on any atom is -0.493 e. The maximum Gasteiger partial charge on any atom is 0.387 e. The van der Waals surface area contributed by atoms with Gasteiger partial charge in [0.25, 0.3) is 5.91 Å². The molecular weight excluding hydrogens is 346 g/mol. The lowest BCUT2D eigenvalue weighted by atomic mass is 10.2. The number of amides is 1. The molecular formula is C18H26F2N2O4. The predicted molar refractivity (Wildman–Crippen MR) is 93.0 cm³/mol. The predicted octanol–water partition coefficient (Wildman–Crippen LogP) is 2.53. The molecule has 26 heavy (non-hydrogen) atoms. The topological polar surface area (TPSA) is 60.0 Å². The zero-order valence-electron chi connectivity index (χ0n) is 15.3. The van der Waals surface area contributed by atoms with Crippen molar-refractivity contribution in [1.82, 2.24) is 10.2 Å². The molecule has 1 aromatic rings. The molecule has 146 valence electrons. The molecule has 1 fully saturated rings. The van der Waals surface area contributed by atoms with Gasteiger partial charge in [0.2, 0.25) is 0 Å². The first-order valence-corrected chi connectivity index (χ1v) is 8.68. The molecule has 1 amide bonds. The van der Waals surface area contributed by atoms with Crippen molar-refractivity contribution >= 4 is 5.91 Å². The number of hydrogen-bond acceptors (Lipinski definition) is 5. The second-order valence-electron chi connectivity index (χ2n) is 6.37. The molecule has 1 N–H and O–H groups in total. The highest BCUT2D eigenvalue weighted by Gasteiger charge is 2.21. The molecule has 2 atom stereocenters. The molecule has 0 aliphatic carbocycles. The summed E-state index contributed by atoms with van der Waals surface area (Å²) in [6.07, 6.45) is 1.21. The van der Waals surface area contributed by atoms with Crippen LogP contribution in [-0.2, 0) is 4.74 Å². The van der Waals surface area contributed by atoms with E-state index in [1.165, 1.54) is 25.3 Å². The molecule has 1 aliphatic heterocycles. The summed E-state index contributed by atoms with van der Waals surface area (Å²) in [4.78, 5) is 14.5. The number of morpholine rings is 1. The van der Waals surface area contributed by atoms with Crippen LogP contribution in [0, 0.1) is 0 Å². The summed E-state index contributed by atoms with van der Waals surface area (Å²) in [5.74, 6) is -0.348. The lowest BCUT2D eigenvalue weighted by Gasteiger charge is -2.35. The molecule has 0 bridgehead atoms. The summed E-state index contributed by atoms with van der Waals surface area (Å²) in [5, 5.41) is 2.80. The van der Waals surface area contributed by atoms with E-state index >= 15 is 0 Å². The van der Waals surface area contributed by atoms with Gasteiger partial charge in [-0.05, 0) is 38.5 Å². The maximum atomic E-state index is 12.5. The van der Waals surface area contributed by atoms with E-state index in [-0.39, 0.29) is 35.2 Å². The fraction of sp³-hybridized carbons (Fsp3) is 0.611. The SMILES string of the molecule is COc1ccc(C(=O)NCCCN2C[C@@H](C)O[C@H](C)C2)cc1OC(F)F. The third kappa shape index (κ3) is 6.10. The van der Waals surface area contributed by atoms with E-state index < -0.39 is 6.61 Å². The summed E-state index contributed by atoms with van der Waals surface area (Å²) in [6, 6.07) is 4.20. The second-order valence-corrected chi connectivity index (χ2v) is 6.37. The van der Waals surface area contributed by atoms with Crippen molar-refractivity contribution in [3.8, 4) is 11.5 Å². The first-order valence-electron chi connectivity index (χ1n) is 8.68. The van der Waals surface area contributed by atoms with Crippen LogP contribution in [-0.4, -0.2) is 62.9 Å². The van der Waals surface area contributed by atoms with Crippen LogP contribution in [0.1, 0.15) is 30.6 Å². The van der Waals surface area contributed by atoms with Gasteiger partial charge in [-0.25, -0.2) is 0 Å². The molecule has 0 unspecified atom stereocenters. The number of alkyl halides is 2. The van der Waals surface area contributed by atoms with Crippen molar-refractivity contribution in [2.75, 3.05) is 33.3 Å². The van der Waals surface area contributed by atoms with Gasteiger partial charge in [0.05, 0.1) is 19.3 Å². The maximum absolute atomic E-state index is 12.5. The van der Waals surface area contributed by atoms with Crippen molar-refractivity contribution in [3.05, 3.63) is 23.8 Å². The highest BCUT2D eigenvalue weighted by molar-refractivity contribution is 5.94. The van der Waals surface area contributed by atoms with Crippen molar-refractivity contribution in [3.63, 3.8) is 0 Å². The van der Waals surface area contributed by atoms with E-state index in [0.717, 1.165) is 26.1 Å². The Morgan fingerprint density at radius 1 is 1.31 bits per heavy atom. The summed E-state index contributed by atoms with van der Waals surface area (Å²) >= 11 is 0. The third-order valence-corrected chi connectivity index (χ3v) is 4.07. The largest absolute Gasteiger partial charge is 0.493 e. The zero-order chi connectivity index (χ0) is 19.1. The van der Waals surface area contributed by atoms with E-state index in [1.807, 2.05) is 13.8 Å². The van der Waals surface area contributed by atoms with E-state index in [1.54, 1.807) is 0 Å². The molecule has 2 rings (SSSR count). The van der Waals surface area contributed by atoms with Crippen LogP contribution in [0.2, 0.25) is 0 Å². The van der Waals surface area contributed by atoms with Crippen LogP contribution in [0.15, 0.2) is 18.2 Å². The number of methoxy groups -OCH3 is 1. The van der Waals surface area contributed by atoms with Crippen molar-refractivity contribution in [2.24, 2.45) is 0 Å². The summed E-state index contributed by atoms with van der Waals surface area (Å²) in [5.41, 5.74) is 0.245. The van der Waals surface area contributed by atoms with E-state index in [0.29, 0.717) is 6.54 Å². The Morgan fingerprint density at radius 3 is 2.62 bits per heavy atom. The first kappa shape index (κ1) is 20.4. The summed E-state index contributed by atoms with van der Waals surface area (Å²) in [7, 11) is 1.35. The van der Waals surface area contributed by atoms with Gasteiger partial charge in [-0.1, -0.05) is 0 Å². The van der Waals surface area contributed by atoms with Gasteiger partial charge < -0.3 is 19.5 Å². The van der Waals surface area contributed by atoms with Crippen LogP contribution in [0.3, 0.4) is 0 Å². The lowest BCUT2D eigenvalue weighted by Crippen LogP contribution is -2.46. The number of carbonyl (C=O) groups is 1. The van der Waals surface area contributed by atoms with E-state index in [2.05, 4.69) is 15.0 Å². The van der Waals surface area contributed by atoms with Gasteiger partial charge in [-0.2, -0.15) is 8.78 Å². The quantitative estimate of drug-likeness (QED) is 0.711. The Hall–Kier alpha value is -1.93. The fourth-order valence-electron chi connectivity index (χ4n) is 3.08. The minimum atomic E-state index is -2.99. The van der Waals surface area contributed by atoms with Crippen molar-refractivity contribution < 1.29 is 27.8 Å². The van der Waals surface area contributed by atoms with Gasteiger partial charge >= 0.3 is 6.61 Å². The Balaban J connectivity index is 1.82. The number of nitrogens with zero attached hydrogens (tertiary/aromatic N) is 1. The van der Waals surface area contributed by atoms with Gasteiger partial charge in [0.1, 0.15) is 0 Å². The number of hydrogen-bond donors (Lipinski definition) is 1. The number of ether oxygens (including phenoxy) is 3. The molecule has 0 aromatic heterocycles. The molecule has 8 heteroatoms. The normalized spacial score (nSPS) is 20.8. The zero-order valence-corrected chi connectivity index (χ0v) is 15.3. The standard InChI is InChI=1S/C18H26F2N2O4/c1-12-10-22(11-13(2)25-12)8-4-7-21-17(23)14-5-6-15(24-3)16(9-14)26-18(19)20/h5-6,9,12-13,18H,4,7-8,10-11H2,1-3H3,(H,21,23)/t12-,13-/m1/s1. The Labute approximate surface area is 152 Å². The molecule has 1 heterocycles. The third-order valence-electron chi connectivity index (χ3n) is 4.07. The van der Waals surface area contributed by atoms with Gasteiger partial charge in [0, 0.05) is 31.7 Å². The van der Waals surface area contributed by atoms with E-state index in [4.69, 9.17) is 9.47 Å². The van der Waals surface area contributed by atoms with E-state index in [9.17, 15) is 13.6 Å². The molecule has 1 aromatic carbocycles. The van der Waals surface area contributed by atoms with Crippen molar-refractivity contribution in [2.45, 2.75) is 39.1 Å². The van der Waals surface area contributed by atoms with Crippen LogP contribution in [0.25, 0.3) is 0 Å². The van der Waals surface area contributed by atoms with Crippen LogP contribution in [0.4, 0.5) is 8.78 Å². The average Bonchev–Trinajstić information content (AvgIpc) is 2.57. The van der Waals surface area contributed by atoms with Gasteiger partial charge in [0.15, 0.2) is 11.5 Å². The molecule has 6 nitrogen and oxygen atoms in total. The monoisotopic (exact) mass is 372 g/mol. The molecule has 1 aliphatic rings. The smallest absolute Gasteiger partial charge is 0.387 e. The first-order chi connectivity index (χ1) is 12.4. The molecule has 0 radical (unpaired) electrons. The Morgan fingerprint density at radius 2 is 2.00 bits per heavy atom. The Bertz CT molecular complexity index is 591. The fourth-order valence-corrected chi connectivity index (χ4v) is 3.08. The Kier molecular flexibility index (Phi) is 7.59. The number of nitrogens with one attached hydrogen (secondary N) is 1. The number of carbonyl (C=O) groups excluding carboxylic acids is 1.